The smallest absolute Gasteiger partial charge is 0.223 e. The van der Waals surface area contributed by atoms with Crippen LogP contribution < -0.4 is 5.73 Å². The van der Waals surface area contributed by atoms with Gasteiger partial charge in [-0.2, -0.15) is 0 Å². The number of hydrogen-bond acceptors (Lipinski definition) is 3. The van der Waals surface area contributed by atoms with Gasteiger partial charge in [0.2, 0.25) is 5.91 Å². The van der Waals surface area contributed by atoms with E-state index in [1.807, 2.05) is 7.05 Å². The molecule has 1 saturated carbocycles. The molecular weight excluding hydrogens is 234 g/mol. The van der Waals surface area contributed by atoms with Gasteiger partial charge in [-0.15, -0.1) is 0 Å². The summed E-state index contributed by atoms with van der Waals surface area (Å²) in [6.45, 7) is 1.47. The third kappa shape index (κ3) is 5.00. The molecule has 0 atom stereocenters. The Morgan fingerprint density at radius 2 is 1.94 bits per heavy atom. The van der Waals surface area contributed by atoms with E-state index in [2.05, 4.69) is 11.9 Å². The van der Waals surface area contributed by atoms with Crippen LogP contribution in [0.2, 0.25) is 0 Å². The fraction of sp³-hybridized carbons (Fsp3) is 0.833. The van der Waals surface area contributed by atoms with E-state index < -0.39 is 0 Å². The van der Waals surface area contributed by atoms with E-state index in [1.54, 1.807) is 4.90 Å². The van der Waals surface area contributed by atoms with Crippen LogP contribution in [-0.4, -0.2) is 53.9 Å². The Labute approximate surface area is 109 Å². The van der Waals surface area contributed by atoms with Crippen LogP contribution in [0.4, 0.5) is 0 Å². The van der Waals surface area contributed by atoms with Crippen molar-refractivity contribution < 1.29 is 4.79 Å². The summed E-state index contributed by atoms with van der Waals surface area (Å²) in [5, 5.41) is 0. The number of nitrogens with two attached hydrogens (primary N) is 1. The van der Waals surface area contributed by atoms with Gasteiger partial charge in [-0.3, -0.25) is 4.79 Å². The first-order valence-electron chi connectivity index (χ1n) is 6.23. The minimum absolute atomic E-state index is 0.174. The molecule has 0 radical (unpaired) electrons. The highest BCUT2D eigenvalue weighted by Crippen LogP contribution is 2.23. The van der Waals surface area contributed by atoms with Gasteiger partial charge in [0.1, 0.15) is 0 Å². The van der Waals surface area contributed by atoms with Crippen molar-refractivity contribution in [3.05, 3.63) is 0 Å². The van der Waals surface area contributed by atoms with Crippen molar-refractivity contribution in [3.8, 4) is 0 Å². The maximum Gasteiger partial charge on any atom is 0.223 e. The van der Waals surface area contributed by atoms with E-state index in [4.69, 9.17) is 18.0 Å². The van der Waals surface area contributed by atoms with Gasteiger partial charge in [0.25, 0.3) is 0 Å². The first-order chi connectivity index (χ1) is 8.00. The van der Waals surface area contributed by atoms with Gasteiger partial charge >= 0.3 is 0 Å². The summed E-state index contributed by atoms with van der Waals surface area (Å²) < 4.78 is 0. The molecule has 17 heavy (non-hydrogen) atoms. The number of rotatable bonds is 7. The standard InChI is InChI=1S/C12H23N3OS/c1-14(10-4-3-5-10)9-7-12(16)15(2)8-6-11(13)17/h10H,3-9H2,1-2H3,(H2,13,17). The fourth-order valence-corrected chi connectivity index (χ4v) is 1.97. The quantitative estimate of drug-likeness (QED) is 0.691. The number of carbonyl (C=O) groups excluding carboxylic acids is 1. The van der Waals surface area contributed by atoms with Crippen molar-refractivity contribution in [2.45, 2.75) is 38.1 Å². The molecule has 0 aromatic heterocycles. The van der Waals surface area contributed by atoms with Crippen molar-refractivity contribution >= 4 is 23.1 Å². The van der Waals surface area contributed by atoms with Gasteiger partial charge in [-0.25, -0.2) is 0 Å². The van der Waals surface area contributed by atoms with E-state index >= 15 is 0 Å². The summed E-state index contributed by atoms with van der Waals surface area (Å²) in [4.78, 5) is 16.3. The Morgan fingerprint density at radius 1 is 1.29 bits per heavy atom. The Hall–Kier alpha value is -0.680. The molecule has 1 fully saturated rings. The van der Waals surface area contributed by atoms with Crippen LogP contribution in [0.15, 0.2) is 0 Å². The van der Waals surface area contributed by atoms with Gasteiger partial charge < -0.3 is 15.5 Å². The molecular formula is C12H23N3OS. The highest BCUT2D eigenvalue weighted by Gasteiger charge is 2.22. The Balaban J connectivity index is 2.16. The minimum Gasteiger partial charge on any atom is -0.393 e. The molecule has 98 valence electrons. The summed E-state index contributed by atoms with van der Waals surface area (Å²) in [5.41, 5.74) is 5.41. The third-order valence-electron chi connectivity index (χ3n) is 3.50. The first kappa shape index (κ1) is 14.4. The Kier molecular flexibility index (Phi) is 5.85. The molecule has 1 amide bonds. The van der Waals surface area contributed by atoms with Crippen molar-refractivity contribution in [2.75, 3.05) is 27.2 Å². The van der Waals surface area contributed by atoms with Gasteiger partial charge in [0.05, 0.1) is 4.99 Å². The number of hydrogen-bond donors (Lipinski definition) is 1. The molecule has 0 aromatic rings. The summed E-state index contributed by atoms with van der Waals surface area (Å²) in [5.74, 6) is 0.174. The zero-order valence-electron chi connectivity index (χ0n) is 10.8. The van der Waals surface area contributed by atoms with Crippen LogP contribution in [0.3, 0.4) is 0 Å². The molecule has 1 rings (SSSR count). The zero-order valence-corrected chi connectivity index (χ0v) is 11.6. The lowest BCUT2D eigenvalue weighted by Gasteiger charge is -2.34. The summed E-state index contributed by atoms with van der Waals surface area (Å²) in [6, 6.07) is 0.699. The number of carbonyl (C=O) groups is 1. The SMILES string of the molecule is CN(CCC(N)=S)C(=O)CCN(C)C1CCC1. The predicted molar refractivity (Wildman–Crippen MR) is 73.9 cm³/mol. The predicted octanol–water partition coefficient (Wildman–Crippen LogP) is 0.995. The largest absolute Gasteiger partial charge is 0.393 e. The van der Waals surface area contributed by atoms with E-state index in [9.17, 15) is 4.79 Å². The normalized spacial score (nSPS) is 15.7. The maximum atomic E-state index is 11.8. The van der Waals surface area contributed by atoms with Crippen LogP contribution in [0, 0.1) is 0 Å². The highest BCUT2D eigenvalue weighted by atomic mass is 32.1. The summed E-state index contributed by atoms with van der Waals surface area (Å²) in [7, 11) is 3.91. The van der Waals surface area contributed by atoms with Crippen LogP contribution in [0.1, 0.15) is 32.1 Å². The lowest BCUT2D eigenvalue weighted by atomic mass is 9.92. The Bertz CT molecular complexity index is 279. The topological polar surface area (TPSA) is 49.6 Å². The van der Waals surface area contributed by atoms with Crippen LogP contribution >= 0.6 is 12.2 Å². The second-order valence-electron chi connectivity index (χ2n) is 4.85. The zero-order chi connectivity index (χ0) is 12.8. The van der Waals surface area contributed by atoms with E-state index in [-0.39, 0.29) is 5.91 Å². The summed E-state index contributed by atoms with van der Waals surface area (Å²) >= 11 is 4.80. The molecule has 0 heterocycles. The second-order valence-corrected chi connectivity index (χ2v) is 5.37. The van der Waals surface area contributed by atoms with Crippen molar-refractivity contribution in [1.29, 1.82) is 0 Å². The molecule has 2 N–H and O–H groups in total. The number of nitrogens with zero attached hydrogens (tertiary/aromatic N) is 2. The molecule has 5 heteroatoms. The van der Waals surface area contributed by atoms with Crippen molar-refractivity contribution in [1.82, 2.24) is 9.80 Å². The number of thiocarbonyl (C=S) groups is 1. The van der Waals surface area contributed by atoms with Gasteiger partial charge in [-0.05, 0) is 19.9 Å². The average Bonchev–Trinajstić information content (AvgIpc) is 2.19. The lowest BCUT2D eigenvalue weighted by Crippen LogP contribution is -2.40. The molecule has 0 aliphatic heterocycles. The van der Waals surface area contributed by atoms with Gasteiger partial charge in [0.15, 0.2) is 0 Å². The molecule has 0 aromatic carbocycles. The average molecular weight is 257 g/mol. The van der Waals surface area contributed by atoms with E-state index in [0.717, 1.165) is 6.54 Å². The molecule has 0 spiro atoms. The lowest BCUT2D eigenvalue weighted by molar-refractivity contribution is -0.130. The maximum absolute atomic E-state index is 11.8. The number of amides is 1. The molecule has 4 nitrogen and oxygen atoms in total. The van der Waals surface area contributed by atoms with Crippen molar-refractivity contribution in [3.63, 3.8) is 0 Å². The molecule has 0 unspecified atom stereocenters. The van der Waals surface area contributed by atoms with E-state index in [1.165, 1.54) is 19.3 Å². The molecule has 1 aliphatic rings. The van der Waals surface area contributed by atoms with Crippen molar-refractivity contribution in [2.24, 2.45) is 5.73 Å². The van der Waals surface area contributed by atoms with Crippen LogP contribution in [0.5, 0.6) is 0 Å². The van der Waals surface area contributed by atoms with E-state index in [0.29, 0.717) is 30.4 Å². The van der Waals surface area contributed by atoms with Crippen LogP contribution in [0.25, 0.3) is 0 Å². The third-order valence-corrected chi connectivity index (χ3v) is 3.70. The van der Waals surface area contributed by atoms with Gasteiger partial charge in [0, 0.05) is 39.0 Å². The molecule has 0 saturated heterocycles. The summed E-state index contributed by atoms with van der Waals surface area (Å²) in [6.07, 6.45) is 5.08. The second kappa shape index (κ2) is 6.91. The minimum atomic E-state index is 0.174. The molecule has 0 bridgehead atoms. The monoisotopic (exact) mass is 257 g/mol. The first-order valence-corrected chi connectivity index (χ1v) is 6.64. The highest BCUT2D eigenvalue weighted by molar-refractivity contribution is 7.80. The van der Waals surface area contributed by atoms with Crippen LogP contribution in [-0.2, 0) is 4.79 Å². The Morgan fingerprint density at radius 3 is 2.41 bits per heavy atom. The molecule has 1 aliphatic carbocycles. The fourth-order valence-electron chi connectivity index (χ4n) is 1.88. The van der Waals surface area contributed by atoms with Gasteiger partial charge in [-0.1, -0.05) is 18.6 Å².